The lowest BCUT2D eigenvalue weighted by Gasteiger charge is -2.32. The number of hydrogen-bond acceptors (Lipinski definition) is 3. The van der Waals surface area contributed by atoms with E-state index < -0.39 is 5.67 Å². The highest BCUT2D eigenvalue weighted by Crippen LogP contribution is 2.30. The van der Waals surface area contributed by atoms with Crippen LogP contribution in [0.3, 0.4) is 0 Å². The van der Waals surface area contributed by atoms with Gasteiger partial charge in [-0.05, 0) is 62.9 Å². The molecule has 0 unspecified atom stereocenters. The van der Waals surface area contributed by atoms with Crippen LogP contribution in [-0.4, -0.2) is 42.0 Å². The highest BCUT2D eigenvalue weighted by atomic mass is 19.1. The van der Waals surface area contributed by atoms with Crippen LogP contribution < -0.4 is 10.9 Å². The van der Waals surface area contributed by atoms with Crippen molar-refractivity contribution in [2.45, 2.75) is 38.3 Å². The number of nitrogens with one attached hydrogen (secondary N) is 2. The van der Waals surface area contributed by atoms with Crippen molar-refractivity contribution >= 4 is 5.91 Å². The Morgan fingerprint density at radius 3 is 2.43 bits per heavy atom. The van der Waals surface area contributed by atoms with Gasteiger partial charge in [0.15, 0.2) is 0 Å². The molecule has 2 N–H and O–H groups in total. The summed E-state index contributed by atoms with van der Waals surface area (Å²) in [6.07, 6.45) is 3.55. The second-order valence-electron chi connectivity index (χ2n) is 7.91. The zero-order valence-corrected chi connectivity index (χ0v) is 16.5. The number of nitrogens with zero attached hydrogens (tertiary/aromatic N) is 1. The number of pyridine rings is 1. The number of rotatable bonds is 6. The van der Waals surface area contributed by atoms with Crippen LogP contribution in [0.25, 0.3) is 0 Å². The van der Waals surface area contributed by atoms with Crippen molar-refractivity contribution in [3.05, 3.63) is 69.6 Å². The fraction of sp³-hybridized carbons (Fsp3) is 0.455. The summed E-state index contributed by atoms with van der Waals surface area (Å²) in [5.74, 6) is 0.325. The number of halogens is 1. The van der Waals surface area contributed by atoms with E-state index in [4.69, 9.17) is 0 Å². The number of hydrogen-bond donors (Lipinski definition) is 2. The highest BCUT2D eigenvalue weighted by Gasteiger charge is 2.22. The first-order valence-electron chi connectivity index (χ1n) is 9.81. The zero-order valence-electron chi connectivity index (χ0n) is 16.5. The molecule has 0 saturated carbocycles. The number of aromatic nitrogens is 1. The van der Waals surface area contributed by atoms with Gasteiger partial charge in [0, 0.05) is 25.4 Å². The van der Waals surface area contributed by atoms with Gasteiger partial charge in [0.05, 0.1) is 5.56 Å². The van der Waals surface area contributed by atoms with Crippen LogP contribution in [0.15, 0.2) is 47.4 Å². The summed E-state index contributed by atoms with van der Waals surface area (Å²) in [4.78, 5) is 28.0. The molecule has 1 fully saturated rings. The third-order valence-corrected chi connectivity index (χ3v) is 5.42. The normalized spacial score (nSPS) is 16.1. The van der Waals surface area contributed by atoms with Crippen LogP contribution in [0.5, 0.6) is 0 Å². The smallest absolute Gasteiger partial charge is 0.252 e. The molecule has 1 saturated heterocycles. The van der Waals surface area contributed by atoms with Crippen LogP contribution in [0.4, 0.5) is 4.39 Å². The van der Waals surface area contributed by atoms with E-state index in [0.29, 0.717) is 23.6 Å². The first-order chi connectivity index (χ1) is 13.3. The Labute approximate surface area is 165 Å². The minimum absolute atomic E-state index is 0.179. The Balaban J connectivity index is 1.42. The number of benzene rings is 1. The quantitative estimate of drug-likeness (QED) is 0.803. The molecule has 0 aliphatic carbocycles. The van der Waals surface area contributed by atoms with Crippen LogP contribution in [0.2, 0.25) is 0 Å². The van der Waals surface area contributed by atoms with Gasteiger partial charge in [0.1, 0.15) is 5.67 Å². The predicted octanol–water partition coefficient (Wildman–Crippen LogP) is 3.19. The molecule has 2 heterocycles. The molecule has 1 aliphatic rings. The van der Waals surface area contributed by atoms with E-state index in [1.54, 1.807) is 13.8 Å². The Morgan fingerprint density at radius 1 is 1.18 bits per heavy atom. The maximum atomic E-state index is 14.0. The van der Waals surface area contributed by atoms with Crippen molar-refractivity contribution in [1.29, 1.82) is 0 Å². The van der Waals surface area contributed by atoms with Crippen molar-refractivity contribution < 1.29 is 9.18 Å². The minimum atomic E-state index is -1.30. The molecule has 5 nitrogen and oxygen atoms in total. The number of amides is 1. The van der Waals surface area contributed by atoms with Crippen LogP contribution in [-0.2, 0) is 5.67 Å². The highest BCUT2D eigenvalue weighted by molar-refractivity contribution is 5.93. The van der Waals surface area contributed by atoms with Crippen molar-refractivity contribution in [3.8, 4) is 0 Å². The molecule has 6 heteroatoms. The first-order valence-corrected chi connectivity index (χ1v) is 9.81. The second kappa shape index (κ2) is 8.69. The Bertz CT molecular complexity index is 827. The van der Waals surface area contributed by atoms with Gasteiger partial charge >= 0.3 is 0 Å². The topological polar surface area (TPSA) is 65.2 Å². The SMILES string of the molecule is CC(C)(F)c1ccc(C2CCN(CCNC(=O)c3ccc(=O)[nH]c3)CC2)cc1. The van der Waals surface area contributed by atoms with Crippen LogP contribution in [0, 0.1) is 0 Å². The van der Waals surface area contributed by atoms with Gasteiger partial charge in [-0.3, -0.25) is 9.59 Å². The summed E-state index contributed by atoms with van der Waals surface area (Å²) in [6, 6.07) is 10.8. The number of carbonyl (C=O) groups is 1. The number of likely N-dealkylation sites (tertiary alicyclic amines) is 1. The molecule has 1 aromatic heterocycles. The Kier molecular flexibility index (Phi) is 6.29. The number of piperidine rings is 1. The third kappa shape index (κ3) is 5.29. The van der Waals surface area contributed by atoms with Gasteiger partial charge in [-0.1, -0.05) is 24.3 Å². The van der Waals surface area contributed by atoms with Crippen LogP contribution >= 0.6 is 0 Å². The lowest BCUT2D eigenvalue weighted by Crippen LogP contribution is -2.39. The van der Waals surface area contributed by atoms with Crippen molar-refractivity contribution in [3.63, 3.8) is 0 Å². The van der Waals surface area contributed by atoms with Crippen molar-refractivity contribution in [2.75, 3.05) is 26.2 Å². The number of H-pyrrole nitrogens is 1. The van der Waals surface area contributed by atoms with Crippen LogP contribution in [0.1, 0.15) is 54.1 Å². The molecule has 2 aromatic rings. The molecule has 0 bridgehead atoms. The van der Waals surface area contributed by atoms with E-state index >= 15 is 0 Å². The lowest BCUT2D eigenvalue weighted by atomic mass is 9.88. The van der Waals surface area contributed by atoms with Gasteiger partial charge in [0.25, 0.3) is 5.91 Å². The molecule has 28 heavy (non-hydrogen) atoms. The molecular formula is C22H28FN3O2. The average molecular weight is 385 g/mol. The molecule has 0 atom stereocenters. The number of carbonyl (C=O) groups excluding carboxylic acids is 1. The molecular weight excluding hydrogens is 357 g/mol. The summed E-state index contributed by atoms with van der Waals surface area (Å²) < 4.78 is 14.0. The van der Waals surface area contributed by atoms with E-state index in [0.717, 1.165) is 32.5 Å². The molecule has 1 amide bonds. The zero-order chi connectivity index (χ0) is 20.1. The molecule has 3 rings (SSSR count). The maximum absolute atomic E-state index is 14.0. The van der Waals surface area contributed by atoms with E-state index in [-0.39, 0.29) is 11.5 Å². The van der Waals surface area contributed by atoms with Gasteiger partial charge in [-0.2, -0.15) is 0 Å². The second-order valence-corrected chi connectivity index (χ2v) is 7.91. The first kappa shape index (κ1) is 20.3. The molecule has 1 aromatic carbocycles. The molecule has 0 spiro atoms. The largest absolute Gasteiger partial charge is 0.351 e. The fourth-order valence-corrected chi connectivity index (χ4v) is 3.62. The summed E-state index contributed by atoms with van der Waals surface area (Å²) in [7, 11) is 0. The maximum Gasteiger partial charge on any atom is 0.252 e. The van der Waals surface area contributed by atoms with Crippen molar-refractivity contribution in [1.82, 2.24) is 15.2 Å². The summed E-state index contributed by atoms with van der Waals surface area (Å²) >= 11 is 0. The van der Waals surface area contributed by atoms with E-state index in [9.17, 15) is 14.0 Å². The van der Waals surface area contributed by atoms with E-state index in [1.165, 1.54) is 23.9 Å². The molecule has 0 radical (unpaired) electrons. The Hall–Kier alpha value is -2.47. The van der Waals surface area contributed by atoms with Crippen molar-refractivity contribution in [2.24, 2.45) is 0 Å². The van der Waals surface area contributed by atoms with E-state index in [2.05, 4.69) is 27.3 Å². The van der Waals surface area contributed by atoms with Gasteiger partial charge < -0.3 is 15.2 Å². The van der Waals surface area contributed by atoms with E-state index in [1.807, 2.05) is 12.1 Å². The molecule has 1 aliphatic heterocycles. The standard InChI is InChI=1S/C22H28FN3O2/c1-22(2,23)19-6-3-16(4-7-19)17-9-12-26(13-10-17)14-11-24-21(28)18-5-8-20(27)25-15-18/h3-8,15,17H,9-14H2,1-2H3,(H,24,28)(H,25,27). The van der Waals surface area contributed by atoms with Gasteiger partial charge in [-0.15, -0.1) is 0 Å². The summed E-state index contributed by atoms with van der Waals surface area (Å²) in [5, 5.41) is 2.89. The molecule has 150 valence electrons. The number of alkyl halides is 1. The Morgan fingerprint density at radius 2 is 1.86 bits per heavy atom. The monoisotopic (exact) mass is 385 g/mol. The summed E-state index contributed by atoms with van der Waals surface area (Å²) in [6.45, 7) is 6.50. The predicted molar refractivity (Wildman–Crippen MR) is 108 cm³/mol. The third-order valence-electron chi connectivity index (χ3n) is 5.42. The summed E-state index contributed by atoms with van der Waals surface area (Å²) in [5.41, 5.74) is 0.924. The van der Waals surface area contributed by atoms with Gasteiger partial charge in [0.2, 0.25) is 5.56 Å². The van der Waals surface area contributed by atoms with Gasteiger partial charge in [-0.25, -0.2) is 4.39 Å². The fourth-order valence-electron chi connectivity index (χ4n) is 3.62. The average Bonchev–Trinajstić information content (AvgIpc) is 2.68. The lowest BCUT2D eigenvalue weighted by molar-refractivity contribution is 0.0945. The number of aromatic amines is 1. The minimum Gasteiger partial charge on any atom is -0.351 e.